The van der Waals surface area contributed by atoms with Crippen molar-refractivity contribution in [2.24, 2.45) is 4.99 Å². The first-order valence-corrected chi connectivity index (χ1v) is 12.8. The summed E-state index contributed by atoms with van der Waals surface area (Å²) >= 11 is 13.5. The van der Waals surface area contributed by atoms with Crippen molar-refractivity contribution in [2.75, 3.05) is 0 Å². The zero-order valence-corrected chi connectivity index (χ0v) is 22.1. The van der Waals surface area contributed by atoms with Crippen LogP contribution in [0.3, 0.4) is 0 Å². The predicted molar refractivity (Wildman–Crippen MR) is 151 cm³/mol. The van der Waals surface area contributed by atoms with Crippen LogP contribution in [-0.2, 0) is 11.3 Å². The van der Waals surface area contributed by atoms with Crippen molar-refractivity contribution in [3.8, 4) is 0 Å². The highest BCUT2D eigenvalue weighted by atomic mass is 35.5. The lowest BCUT2D eigenvalue weighted by Crippen LogP contribution is -2.19. The minimum Gasteiger partial charge on any atom is -0.342 e. The van der Waals surface area contributed by atoms with Gasteiger partial charge in [0.25, 0.3) is 11.6 Å². The Morgan fingerprint density at radius 1 is 1.11 bits per heavy atom. The standard InChI is InChI=1S/C27H20Cl2N4O3S/c1-15-9-19(12-24(16(15)2)33(35)36)30-27-31-26(34)25(37-27)11-18-14-32(23-6-4-3-5-20(18)23)13-17-7-8-21(28)22(29)10-17/h3-12,14H,13H2,1-2H3,(H,30,31,34)/b25-11-. The van der Waals surface area contributed by atoms with Gasteiger partial charge in [-0.05, 0) is 67.1 Å². The number of nitrogens with one attached hydrogen (secondary N) is 1. The molecule has 1 aromatic heterocycles. The lowest BCUT2D eigenvalue weighted by atomic mass is 10.1. The van der Waals surface area contributed by atoms with Gasteiger partial charge in [-0.15, -0.1) is 0 Å². The van der Waals surface area contributed by atoms with Crippen molar-refractivity contribution >= 4 is 74.4 Å². The number of aromatic nitrogens is 1. The first kappa shape index (κ1) is 25.1. The van der Waals surface area contributed by atoms with Gasteiger partial charge in [0.05, 0.1) is 25.6 Å². The minimum atomic E-state index is -0.425. The molecule has 186 valence electrons. The lowest BCUT2D eigenvalue weighted by molar-refractivity contribution is -0.385. The largest absolute Gasteiger partial charge is 0.342 e. The van der Waals surface area contributed by atoms with Gasteiger partial charge in [-0.3, -0.25) is 14.9 Å². The Morgan fingerprint density at radius 2 is 1.89 bits per heavy atom. The van der Waals surface area contributed by atoms with Gasteiger partial charge in [-0.2, -0.15) is 0 Å². The number of carbonyl (C=O) groups excluding carboxylic acids is 1. The van der Waals surface area contributed by atoms with Crippen LogP contribution in [0.2, 0.25) is 10.0 Å². The molecule has 1 N–H and O–H groups in total. The number of rotatable bonds is 5. The van der Waals surface area contributed by atoms with Crippen LogP contribution in [0.25, 0.3) is 17.0 Å². The zero-order valence-electron chi connectivity index (χ0n) is 19.8. The van der Waals surface area contributed by atoms with E-state index < -0.39 is 4.92 Å². The smallest absolute Gasteiger partial charge is 0.274 e. The molecule has 1 aliphatic heterocycles. The zero-order chi connectivity index (χ0) is 26.3. The predicted octanol–water partition coefficient (Wildman–Crippen LogP) is 7.41. The van der Waals surface area contributed by atoms with Crippen LogP contribution in [-0.4, -0.2) is 20.6 Å². The summed E-state index contributed by atoms with van der Waals surface area (Å²) in [4.78, 5) is 28.7. The third-order valence-electron chi connectivity index (χ3n) is 6.15. The highest BCUT2D eigenvalue weighted by Gasteiger charge is 2.25. The molecule has 4 aromatic rings. The molecule has 1 saturated heterocycles. The topological polar surface area (TPSA) is 89.5 Å². The van der Waals surface area contributed by atoms with Crippen LogP contribution < -0.4 is 5.32 Å². The summed E-state index contributed by atoms with van der Waals surface area (Å²) in [5.41, 5.74) is 4.66. The number of nitro groups is 1. The van der Waals surface area contributed by atoms with Crippen LogP contribution in [0.15, 0.2) is 70.7 Å². The number of amidine groups is 1. The Bertz CT molecular complexity index is 1660. The molecule has 10 heteroatoms. The van der Waals surface area contributed by atoms with Crippen LogP contribution in [0, 0.1) is 24.0 Å². The Morgan fingerprint density at radius 3 is 2.65 bits per heavy atom. The van der Waals surface area contributed by atoms with E-state index in [1.54, 1.807) is 26.0 Å². The Hall–Kier alpha value is -3.59. The highest BCUT2D eigenvalue weighted by Crippen LogP contribution is 2.33. The normalized spacial score (nSPS) is 15.6. The minimum absolute atomic E-state index is 0.000719. The number of benzene rings is 3. The molecule has 37 heavy (non-hydrogen) atoms. The van der Waals surface area contributed by atoms with Gasteiger partial charge in [0.1, 0.15) is 0 Å². The molecule has 0 spiro atoms. The van der Waals surface area contributed by atoms with Crippen molar-refractivity contribution in [3.63, 3.8) is 0 Å². The fraction of sp³-hybridized carbons (Fsp3) is 0.111. The molecule has 0 atom stereocenters. The molecule has 2 heterocycles. The maximum absolute atomic E-state index is 12.8. The van der Waals surface area contributed by atoms with Crippen molar-refractivity contribution < 1.29 is 9.72 Å². The number of para-hydroxylation sites is 1. The molecule has 1 aliphatic rings. The maximum Gasteiger partial charge on any atom is 0.274 e. The molecule has 0 bridgehead atoms. The Kier molecular flexibility index (Phi) is 6.81. The van der Waals surface area contributed by atoms with E-state index in [4.69, 9.17) is 23.2 Å². The maximum atomic E-state index is 12.8. The van der Waals surface area contributed by atoms with E-state index in [0.29, 0.717) is 37.9 Å². The third kappa shape index (κ3) is 5.13. The van der Waals surface area contributed by atoms with Crippen LogP contribution >= 0.6 is 35.0 Å². The number of fused-ring (bicyclic) bond motifs is 1. The fourth-order valence-corrected chi connectivity index (χ4v) is 5.32. The molecule has 1 fully saturated rings. The highest BCUT2D eigenvalue weighted by molar-refractivity contribution is 8.18. The monoisotopic (exact) mass is 550 g/mol. The second-order valence-corrected chi connectivity index (χ2v) is 10.5. The average Bonchev–Trinajstić information content (AvgIpc) is 3.38. The SMILES string of the molecule is Cc1cc(N=C2NC(=O)/C(=C/c3cn(Cc4ccc(Cl)c(Cl)c4)c4ccccc34)S2)cc([N+](=O)[O-])c1C. The number of carbonyl (C=O) groups is 1. The Labute approximate surface area is 226 Å². The summed E-state index contributed by atoms with van der Waals surface area (Å²) in [6, 6.07) is 16.7. The van der Waals surface area contributed by atoms with E-state index in [0.717, 1.165) is 27.6 Å². The summed E-state index contributed by atoms with van der Waals surface area (Å²) < 4.78 is 2.10. The fourth-order valence-electron chi connectivity index (χ4n) is 4.17. The van der Waals surface area contributed by atoms with E-state index in [2.05, 4.69) is 14.9 Å². The molecule has 3 aromatic carbocycles. The molecular weight excluding hydrogens is 531 g/mol. The van der Waals surface area contributed by atoms with E-state index >= 15 is 0 Å². The first-order chi connectivity index (χ1) is 17.7. The van der Waals surface area contributed by atoms with E-state index in [1.165, 1.54) is 17.8 Å². The summed E-state index contributed by atoms with van der Waals surface area (Å²) in [5.74, 6) is -0.275. The molecule has 7 nitrogen and oxygen atoms in total. The molecule has 5 rings (SSSR count). The molecule has 0 aliphatic carbocycles. The van der Waals surface area contributed by atoms with Crippen LogP contribution in [0.4, 0.5) is 11.4 Å². The quantitative estimate of drug-likeness (QED) is 0.159. The number of nitrogens with zero attached hydrogens (tertiary/aromatic N) is 3. The van der Waals surface area contributed by atoms with Gasteiger partial charge in [-0.25, -0.2) is 4.99 Å². The van der Waals surface area contributed by atoms with Gasteiger partial charge in [0, 0.05) is 40.8 Å². The van der Waals surface area contributed by atoms with E-state index in [-0.39, 0.29) is 11.6 Å². The number of thioether (sulfide) groups is 1. The number of hydrogen-bond acceptors (Lipinski definition) is 5. The second-order valence-electron chi connectivity index (χ2n) is 8.62. The van der Waals surface area contributed by atoms with Crippen LogP contribution in [0.5, 0.6) is 0 Å². The number of nitro benzene ring substituents is 1. The van der Waals surface area contributed by atoms with Gasteiger partial charge in [0.2, 0.25) is 0 Å². The van der Waals surface area contributed by atoms with Gasteiger partial charge < -0.3 is 9.88 Å². The number of aryl methyl sites for hydroxylation is 1. The molecule has 1 amide bonds. The van der Waals surface area contributed by atoms with E-state index in [1.807, 2.05) is 48.7 Å². The summed E-state index contributed by atoms with van der Waals surface area (Å²) in [6.07, 6.45) is 3.83. The van der Waals surface area contributed by atoms with Crippen molar-refractivity contribution in [1.29, 1.82) is 0 Å². The number of hydrogen-bond donors (Lipinski definition) is 1. The lowest BCUT2D eigenvalue weighted by Gasteiger charge is -2.06. The number of aliphatic imine (C=N–C) groups is 1. The van der Waals surface area contributed by atoms with Crippen molar-refractivity contribution in [1.82, 2.24) is 9.88 Å². The van der Waals surface area contributed by atoms with Gasteiger partial charge in [0.15, 0.2) is 5.17 Å². The van der Waals surface area contributed by atoms with Gasteiger partial charge >= 0.3 is 0 Å². The molecular formula is C27H20Cl2N4O3S. The first-order valence-electron chi connectivity index (χ1n) is 11.3. The number of halogens is 2. The summed E-state index contributed by atoms with van der Waals surface area (Å²) in [6.45, 7) is 4.08. The molecule has 0 saturated carbocycles. The molecule has 0 unspecified atom stereocenters. The average molecular weight is 551 g/mol. The van der Waals surface area contributed by atoms with Crippen LogP contribution in [0.1, 0.15) is 22.3 Å². The number of amides is 1. The van der Waals surface area contributed by atoms with Crippen molar-refractivity contribution in [3.05, 3.63) is 108 Å². The second kappa shape index (κ2) is 10.0. The van der Waals surface area contributed by atoms with Crippen molar-refractivity contribution in [2.45, 2.75) is 20.4 Å². The third-order valence-corrected chi connectivity index (χ3v) is 7.79. The van der Waals surface area contributed by atoms with Gasteiger partial charge in [-0.1, -0.05) is 47.5 Å². The summed E-state index contributed by atoms with van der Waals surface area (Å²) in [7, 11) is 0. The molecule has 0 radical (unpaired) electrons. The summed E-state index contributed by atoms with van der Waals surface area (Å²) in [5, 5.41) is 16.5. The van der Waals surface area contributed by atoms with E-state index in [9.17, 15) is 14.9 Å². The Balaban J connectivity index is 1.47.